The van der Waals surface area contributed by atoms with Crippen LogP contribution in [-0.4, -0.2) is 28.2 Å². The summed E-state index contributed by atoms with van der Waals surface area (Å²) in [6.07, 6.45) is 0.689. The first-order chi connectivity index (χ1) is 69.1. The number of rotatable bonds is 16. The minimum atomic E-state index is 0.537. The summed E-state index contributed by atoms with van der Waals surface area (Å²) in [5, 5.41) is 33.1. The molecule has 0 bridgehead atoms. The summed E-state index contributed by atoms with van der Waals surface area (Å²) >= 11 is 0. The van der Waals surface area contributed by atoms with Crippen LogP contribution in [0, 0.1) is 113 Å². The normalized spacial score (nSPS) is 11.7. The lowest BCUT2D eigenvalue weighted by molar-refractivity contribution is 1.11. The van der Waals surface area contributed by atoms with Crippen molar-refractivity contribution >= 4 is 87.2 Å². The van der Waals surface area contributed by atoms with E-state index in [0.29, 0.717) is 17.5 Å². The number of hydrogen-bond acceptors (Lipinski definition) is 4. The Balaban J connectivity index is 0.646. The van der Waals surface area contributed by atoms with E-state index in [1.807, 2.05) is 0 Å². The van der Waals surface area contributed by atoms with Gasteiger partial charge in [-0.15, -0.1) is 0 Å². The Hall–Kier alpha value is -17.6. The fourth-order valence-corrected chi connectivity index (χ4v) is 23.1. The fourth-order valence-electron chi connectivity index (χ4n) is 23.1. The summed E-state index contributed by atoms with van der Waals surface area (Å²) in [6.45, 7) is 28.4. The Labute approximate surface area is 827 Å². The molecule has 0 saturated carbocycles. The predicted molar refractivity (Wildman–Crippen MR) is 594 cm³/mol. The molecule has 142 heavy (non-hydrogen) atoms. The van der Waals surface area contributed by atoms with E-state index in [0.717, 1.165) is 211 Å². The Morgan fingerprint density at radius 3 is 0.972 bits per heavy atom. The first-order valence-corrected chi connectivity index (χ1v) is 49.1. The van der Waals surface area contributed by atoms with E-state index in [4.69, 9.17) is 9.97 Å². The van der Waals surface area contributed by atoms with Crippen LogP contribution in [0.2, 0.25) is 0 Å². The van der Waals surface area contributed by atoms with Crippen molar-refractivity contribution in [2.24, 2.45) is 0 Å². The lowest BCUT2D eigenvalue weighted by atomic mass is 9.88. The average Bonchev–Trinajstić information content (AvgIpc) is 1.57. The Morgan fingerprint density at radius 1 is 0.204 bits per heavy atom. The zero-order chi connectivity index (χ0) is 96.9. The van der Waals surface area contributed by atoms with Gasteiger partial charge in [-0.3, -0.25) is 4.98 Å². The lowest BCUT2D eigenvalue weighted by Crippen LogP contribution is -2.05. The van der Waals surface area contributed by atoms with Gasteiger partial charge in [-0.05, 0) is 322 Å². The molecule has 24 aromatic rings. The molecule has 0 saturated heterocycles. The summed E-state index contributed by atoms with van der Waals surface area (Å²) in [5.41, 5.74) is 51.4. The van der Waals surface area contributed by atoms with Crippen molar-refractivity contribution in [3.63, 3.8) is 0 Å². The molecule has 0 N–H and O–H groups in total. The van der Waals surface area contributed by atoms with Crippen LogP contribution in [0.25, 0.3) is 222 Å². The van der Waals surface area contributed by atoms with Crippen molar-refractivity contribution in [3.05, 3.63) is 465 Å². The molecule has 0 aliphatic rings. The number of para-hydroxylation sites is 2. The number of benzene rings is 18. The molecule has 6 heterocycles. The largest absolute Gasteiger partial charge is 0.309 e. The van der Waals surface area contributed by atoms with Crippen LogP contribution >= 0.6 is 0 Å². The van der Waals surface area contributed by atoms with Gasteiger partial charge in [-0.25, -0.2) is 4.98 Å². The first kappa shape index (κ1) is 87.2. The van der Waals surface area contributed by atoms with Crippen molar-refractivity contribution < 1.29 is 0 Å². The lowest BCUT2D eigenvalue weighted by Gasteiger charge is -2.20. The third kappa shape index (κ3) is 15.0. The van der Waals surface area contributed by atoms with Crippen LogP contribution in [0.4, 0.5) is 0 Å². The highest BCUT2D eigenvalue weighted by Gasteiger charge is 2.29. The summed E-state index contributed by atoms with van der Waals surface area (Å²) in [5.74, 6) is 0. The van der Waals surface area contributed by atoms with Gasteiger partial charge < -0.3 is 18.3 Å². The molecule has 0 aliphatic heterocycles. The number of nitrogens with zero attached hydrogens (tertiary/aromatic N) is 8. The molecule has 8 nitrogen and oxygen atoms in total. The minimum absolute atomic E-state index is 0.537. The van der Waals surface area contributed by atoms with E-state index in [-0.39, 0.29) is 0 Å². The molecule has 678 valence electrons. The van der Waals surface area contributed by atoms with E-state index in [9.17, 15) is 10.5 Å². The van der Waals surface area contributed by atoms with E-state index in [2.05, 4.69) is 490 Å². The smallest absolute Gasteiger partial charge is 0.101 e. The van der Waals surface area contributed by atoms with Gasteiger partial charge in [-0.2, -0.15) is 10.5 Å². The van der Waals surface area contributed by atoms with Crippen LogP contribution in [-0.2, 0) is 6.42 Å². The SMILES string of the molecule is Cc1cc(C)cc(-c2ccc3c(c2)c2ccccc2n3-c2cc(C#N)c(-n3c4ccccc4c4cc(-c5cc(C)c(Cc6cc(C)ccc6-c6ccc7c8ccc(-c9ccc(C)cc9C)cc8n(-c8cc(C#N)c(-n9c%10cc(-c%11ccc(C)cc%11C)ccc%10c%10ccc(-c%11ccc(C)cc%11C)cc%109)cc8-c8cc(C)nc(C)c8)c7c6)c(C)c5)ccc43)cc2-c2cc(-c3ccccc3)nc(-c3ccccc3)c2)c1. The molecule has 24 rings (SSSR count). The average molecular weight is 1820 g/mol. The second-order valence-electron chi connectivity index (χ2n) is 39.5. The van der Waals surface area contributed by atoms with Crippen molar-refractivity contribution in [1.82, 2.24) is 28.2 Å². The Morgan fingerprint density at radius 2 is 0.549 bits per heavy atom. The zero-order valence-corrected chi connectivity index (χ0v) is 82.0. The van der Waals surface area contributed by atoms with Crippen LogP contribution < -0.4 is 0 Å². The first-order valence-electron chi connectivity index (χ1n) is 49.1. The van der Waals surface area contributed by atoms with Gasteiger partial charge in [0, 0.05) is 76.7 Å². The summed E-state index contributed by atoms with van der Waals surface area (Å²) in [4.78, 5) is 10.5. The van der Waals surface area contributed by atoms with Crippen LogP contribution in [0.3, 0.4) is 0 Å². The molecule has 0 radical (unpaired) electrons. The number of fused-ring (bicyclic) bond motifs is 12. The molecule has 18 aromatic carbocycles. The molecular weight excluding hydrogens is 1720 g/mol. The van der Waals surface area contributed by atoms with E-state index < -0.39 is 0 Å². The Bertz CT molecular complexity index is 9330. The molecular formula is C134H102N8. The van der Waals surface area contributed by atoms with Gasteiger partial charge in [0.2, 0.25) is 0 Å². The fraction of sp³-hybridized carbons (Fsp3) is 0.104. The number of nitriles is 2. The van der Waals surface area contributed by atoms with Crippen LogP contribution in [0.5, 0.6) is 0 Å². The van der Waals surface area contributed by atoms with Gasteiger partial charge in [0.15, 0.2) is 0 Å². The highest BCUT2D eigenvalue weighted by atomic mass is 15.0. The number of aryl methyl sites for hydroxylation is 13. The summed E-state index contributed by atoms with van der Waals surface area (Å²) in [7, 11) is 0. The van der Waals surface area contributed by atoms with Crippen LogP contribution in [0.15, 0.2) is 370 Å². The van der Waals surface area contributed by atoms with E-state index in [1.54, 1.807) is 0 Å². The number of hydrogen-bond donors (Lipinski definition) is 0. The maximum Gasteiger partial charge on any atom is 0.101 e. The van der Waals surface area contributed by atoms with Crippen molar-refractivity contribution in [2.45, 2.75) is 96.4 Å². The number of aromatic nitrogens is 6. The van der Waals surface area contributed by atoms with E-state index >= 15 is 0 Å². The minimum Gasteiger partial charge on any atom is -0.309 e. The maximum absolute atomic E-state index is 12.3. The summed E-state index contributed by atoms with van der Waals surface area (Å²) < 4.78 is 9.53. The van der Waals surface area contributed by atoms with Gasteiger partial charge in [0.25, 0.3) is 0 Å². The highest BCUT2D eigenvalue weighted by Crippen LogP contribution is 2.50. The second-order valence-corrected chi connectivity index (χ2v) is 39.5. The quantitative estimate of drug-likeness (QED) is 0.0963. The second kappa shape index (κ2) is 34.5. The van der Waals surface area contributed by atoms with Gasteiger partial charge >= 0.3 is 0 Å². The molecule has 0 fully saturated rings. The van der Waals surface area contributed by atoms with Gasteiger partial charge in [0.05, 0.1) is 89.4 Å². The molecule has 8 heteroatoms. The van der Waals surface area contributed by atoms with Gasteiger partial charge in [0.1, 0.15) is 12.1 Å². The molecule has 0 unspecified atom stereocenters. The number of pyridine rings is 2. The van der Waals surface area contributed by atoms with Crippen molar-refractivity contribution in [1.29, 1.82) is 10.5 Å². The summed E-state index contributed by atoms with van der Waals surface area (Å²) in [6, 6.07) is 142. The highest BCUT2D eigenvalue weighted by molar-refractivity contribution is 6.16. The predicted octanol–water partition coefficient (Wildman–Crippen LogP) is 34.9. The molecule has 0 spiro atoms. The van der Waals surface area contributed by atoms with Gasteiger partial charge in [-0.1, -0.05) is 294 Å². The van der Waals surface area contributed by atoms with Crippen molar-refractivity contribution in [3.8, 4) is 146 Å². The third-order valence-electron chi connectivity index (χ3n) is 29.6. The van der Waals surface area contributed by atoms with Crippen molar-refractivity contribution in [2.75, 3.05) is 0 Å². The van der Waals surface area contributed by atoms with E-state index in [1.165, 1.54) is 94.6 Å². The molecule has 6 aromatic heterocycles. The molecule has 0 aliphatic carbocycles. The zero-order valence-electron chi connectivity index (χ0n) is 82.0. The molecule has 0 atom stereocenters. The molecule has 0 amide bonds. The monoisotopic (exact) mass is 1820 g/mol. The topological polar surface area (TPSA) is 93.1 Å². The Kier molecular flexibility index (Phi) is 21.2. The standard InChI is InChI=1S/C134H102N8/c1-78-32-42-106(84(7)53-78)95-36-46-112-113-47-37-96(107-43-33-79(2)54-85(107)8)69-130(113)141(129(112)68-95)128-74-117(102-61-89(12)137-90(13)62-102)134(73-105(128)77-136)142-131-70-97(108-44-34-80(3)55-86(108)9)38-48-114(131)115-49-39-98(71-132(115)142)109-45-35-81(4)56-101(109)65-116-87(10)59-100(60-88(116)11)94-41-50-125-119(64-94)110-28-20-22-30-123(110)139(125)127-75-118(103-66-121(91-24-16-14-17-25-91)138-122(67-103)92-26-18-15-19-27-92)133(72-104(127)76-135)140-124-31-23-21-29-111(124)120-63-93(40-51-126(120)140)99-57-82(5)52-83(6)58-99/h14-64,66-75H,65H2,1-13H3. The maximum atomic E-state index is 12.3. The third-order valence-corrected chi connectivity index (χ3v) is 29.6. The van der Waals surface area contributed by atoms with Crippen LogP contribution in [0.1, 0.15) is 94.8 Å².